The Bertz CT molecular complexity index is 753. The summed E-state index contributed by atoms with van der Waals surface area (Å²) < 4.78 is 45.2. The maximum absolute atomic E-state index is 13.2. The Kier molecular flexibility index (Phi) is 3.63. The smallest absolute Gasteiger partial charge is 0.406 e. The summed E-state index contributed by atoms with van der Waals surface area (Å²) in [5.41, 5.74) is -1.27. The summed E-state index contributed by atoms with van der Waals surface area (Å²) in [4.78, 5) is 12.7. The molecule has 0 amide bonds. The number of carboxylic acids is 1. The molecule has 0 bridgehead atoms. The number of carboxylic acid groups (broad SMARTS) is 1. The summed E-state index contributed by atoms with van der Waals surface area (Å²) in [7, 11) is 0. The van der Waals surface area contributed by atoms with Crippen molar-refractivity contribution in [2.45, 2.75) is 26.1 Å². The van der Waals surface area contributed by atoms with E-state index < -0.39 is 30.5 Å². The Morgan fingerprint density at radius 2 is 2.17 bits per heavy atom. The van der Waals surface area contributed by atoms with E-state index in [9.17, 15) is 18.0 Å². The molecule has 1 aromatic heterocycles. The molecule has 3 rings (SSSR count). The second-order valence-electron chi connectivity index (χ2n) is 6.04. The standard InChI is InChI=1S/C16H16F3NO3/c1-10-7-11-3-2-4-12(13(11)23-10)8-20-6-5-15(9-20,14(21)22)16(17,18)19/h2-4,7H,5-6,8-9H2,1H3,(H,21,22). The van der Waals surface area contributed by atoms with Crippen LogP contribution in [0.3, 0.4) is 0 Å². The van der Waals surface area contributed by atoms with Crippen LogP contribution in [-0.2, 0) is 11.3 Å². The lowest BCUT2D eigenvalue weighted by atomic mass is 9.86. The van der Waals surface area contributed by atoms with Crippen LogP contribution in [-0.4, -0.2) is 35.2 Å². The number of benzene rings is 1. The molecule has 1 unspecified atom stereocenters. The molecule has 2 heterocycles. The van der Waals surface area contributed by atoms with Gasteiger partial charge in [-0.05, 0) is 19.4 Å². The monoisotopic (exact) mass is 327 g/mol. The lowest BCUT2D eigenvalue weighted by Gasteiger charge is -2.27. The van der Waals surface area contributed by atoms with Gasteiger partial charge in [-0.3, -0.25) is 9.69 Å². The van der Waals surface area contributed by atoms with E-state index in [1.54, 1.807) is 13.0 Å². The average Bonchev–Trinajstić information content (AvgIpc) is 3.02. The van der Waals surface area contributed by atoms with E-state index in [2.05, 4.69) is 0 Å². The second kappa shape index (κ2) is 5.26. The van der Waals surface area contributed by atoms with Gasteiger partial charge in [0.25, 0.3) is 0 Å². The number of rotatable bonds is 3. The highest BCUT2D eigenvalue weighted by molar-refractivity contribution is 5.81. The van der Waals surface area contributed by atoms with Crippen LogP contribution in [0.2, 0.25) is 0 Å². The second-order valence-corrected chi connectivity index (χ2v) is 6.04. The molecule has 0 spiro atoms. The molecule has 1 N–H and O–H groups in total. The van der Waals surface area contributed by atoms with E-state index in [-0.39, 0.29) is 13.1 Å². The zero-order valence-corrected chi connectivity index (χ0v) is 12.5. The van der Waals surface area contributed by atoms with Crippen molar-refractivity contribution >= 4 is 16.9 Å². The molecule has 1 saturated heterocycles. The van der Waals surface area contributed by atoms with Crippen molar-refractivity contribution in [3.05, 3.63) is 35.6 Å². The largest absolute Gasteiger partial charge is 0.481 e. The van der Waals surface area contributed by atoms with E-state index >= 15 is 0 Å². The molecule has 1 aromatic carbocycles. The Labute approximate surface area is 130 Å². The van der Waals surface area contributed by atoms with E-state index in [1.165, 1.54) is 4.90 Å². The average molecular weight is 327 g/mol. The lowest BCUT2D eigenvalue weighted by molar-refractivity contribution is -0.227. The number of aryl methyl sites for hydroxylation is 1. The molecule has 4 nitrogen and oxygen atoms in total. The normalized spacial score (nSPS) is 22.8. The zero-order chi connectivity index (χ0) is 16.8. The molecule has 7 heteroatoms. The molecule has 1 aliphatic heterocycles. The molecule has 1 atom stereocenters. The number of carbonyl (C=O) groups is 1. The molecule has 124 valence electrons. The van der Waals surface area contributed by atoms with Gasteiger partial charge in [-0.15, -0.1) is 0 Å². The number of furan rings is 1. The number of aliphatic carboxylic acids is 1. The molecular weight excluding hydrogens is 311 g/mol. The van der Waals surface area contributed by atoms with Crippen LogP contribution in [0, 0.1) is 12.3 Å². The molecule has 0 aliphatic carbocycles. The van der Waals surface area contributed by atoms with E-state index in [4.69, 9.17) is 9.52 Å². The van der Waals surface area contributed by atoms with Crippen LogP contribution < -0.4 is 0 Å². The number of likely N-dealkylation sites (tertiary alicyclic amines) is 1. The summed E-state index contributed by atoms with van der Waals surface area (Å²) in [6.45, 7) is 1.58. The Balaban J connectivity index is 1.86. The topological polar surface area (TPSA) is 53.7 Å². The van der Waals surface area contributed by atoms with Crippen LogP contribution in [0.15, 0.2) is 28.7 Å². The molecular formula is C16H16F3NO3. The number of alkyl halides is 3. The van der Waals surface area contributed by atoms with Crippen LogP contribution in [0.1, 0.15) is 17.7 Å². The summed E-state index contributed by atoms with van der Waals surface area (Å²) in [5, 5.41) is 9.98. The fourth-order valence-electron chi connectivity index (χ4n) is 3.17. The van der Waals surface area contributed by atoms with Crippen LogP contribution in [0.25, 0.3) is 11.0 Å². The highest BCUT2D eigenvalue weighted by atomic mass is 19.4. The van der Waals surface area contributed by atoms with Gasteiger partial charge >= 0.3 is 12.1 Å². The number of nitrogens with zero attached hydrogens (tertiary/aromatic N) is 1. The zero-order valence-electron chi connectivity index (χ0n) is 12.5. The maximum atomic E-state index is 13.2. The van der Waals surface area contributed by atoms with Crippen molar-refractivity contribution in [3.8, 4) is 0 Å². The third-order valence-corrected chi connectivity index (χ3v) is 4.44. The van der Waals surface area contributed by atoms with Crippen molar-refractivity contribution in [1.29, 1.82) is 0 Å². The van der Waals surface area contributed by atoms with Crippen LogP contribution >= 0.6 is 0 Å². The summed E-state index contributed by atoms with van der Waals surface area (Å²) in [6, 6.07) is 7.34. The summed E-state index contributed by atoms with van der Waals surface area (Å²) in [6.07, 6.45) is -5.19. The number of fused-ring (bicyclic) bond motifs is 1. The Hall–Kier alpha value is -2.02. The first kappa shape index (κ1) is 15.9. The molecule has 0 radical (unpaired) electrons. The van der Waals surface area contributed by atoms with Gasteiger partial charge in [0.15, 0.2) is 5.41 Å². The minimum Gasteiger partial charge on any atom is -0.481 e. The van der Waals surface area contributed by atoms with E-state index in [0.29, 0.717) is 5.58 Å². The predicted octanol–water partition coefficient (Wildman–Crippen LogP) is 3.58. The highest BCUT2D eigenvalue weighted by Gasteiger charge is 2.63. The quantitative estimate of drug-likeness (QED) is 0.936. The predicted molar refractivity (Wildman–Crippen MR) is 77.0 cm³/mol. The van der Waals surface area contributed by atoms with Crippen LogP contribution in [0.4, 0.5) is 13.2 Å². The number of hydrogen-bond donors (Lipinski definition) is 1. The first-order valence-electron chi connectivity index (χ1n) is 7.23. The van der Waals surface area contributed by atoms with Gasteiger partial charge in [-0.25, -0.2) is 0 Å². The molecule has 1 aliphatic rings. The number of halogens is 3. The van der Waals surface area contributed by atoms with Crippen molar-refractivity contribution in [2.75, 3.05) is 13.1 Å². The van der Waals surface area contributed by atoms with Gasteiger partial charge < -0.3 is 9.52 Å². The lowest BCUT2D eigenvalue weighted by Crippen LogP contribution is -2.47. The molecule has 23 heavy (non-hydrogen) atoms. The Morgan fingerprint density at radius 3 is 2.78 bits per heavy atom. The van der Waals surface area contributed by atoms with Crippen molar-refractivity contribution in [2.24, 2.45) is 5.41 Å². The van der Waals surface area contributed by atoms with E-state index in [1.807, 2.05) is 18.2 Å². The summed E-state index contributed by atoms with van der Waals surface area (Å²) in [5.74, 6) is -1.08. The molecule has 1 fully saturated rings. The third kappa shape index (κ3) is 2.59. The first-order chi connectivity index (χ1) is 10.7. The number of para-hydroxylation sites is 1. The van der Waals surface area contributed by atoms with Gasteiger partial charge in [-0.2, -0.15) is 13.2 Å². The number of hydrogen-bond acceptors (Lipinski definition) is 3. The molecule has 2 aromatic rings. The van der Waals surface area contributed by atoms with Gasteiger partial charge in [0.2, 0.25) is 0 Å². The third-order valence-electron chi connectivity index (χ3n) is 4.44. The highest BCUT2D eigenvalue weighted by Crippen LogP contribution is 2.46. The SMILES string of the molecule is Cc1cc2cccc(CN3CCC(C(=O)O)(C(F)(F)F)C3)c2o1. The van der Waals surface area contributed by atoms with Crippen LogP contribution in [0.5, 0.6) is 0 Å². The van der Waals surface area contributed by atoms with Crippen molar-refractivity contribution in [1.82, 2.24) is 4.90 Å². The van der Waals surface area contributed by atoms with Crippen molar-refractivity contribution < 1.29 is 27.5 Å². The Morgan fingerprint density at radius 1 is 1.43 bits per heavy atom. The van der Waals surface area contributed by atoms with Gasteiger partial charge in [0.05, 0.1) is 0 Å². The van der Waals surface area contributed by atoms with Gasteiger partial charge in [0, 0.05) is 30.6 Å². The van der Waals surface area contributed by atoms with Gasteiger partial charge in [-0.1, -0.05) is 18.2 Å². The van der Waals surface area contributed by atoms with E-state index in [0.717, 1.165) is 16.7 Å². The fourth-order valence-corrected chi connectivity index (χ4v) is 3.17. The minimum absolute atomic E-state index is 0.0852. The summed E-state index contributed by atoms with van der Waals surface area (Å²) >= 11 is 0. The van der Waals surface area contributed by atoms with Crippen molar-refractivity contribution in [3.63, 3.8) is 0 Å². The molecule has 0 saturated carbocycles. The fraction of sp³-hybridized carbons (Fsp3) is 0.438. The first-order valence-corrected chi connectivity index (χ1v) is 7.23. The maximum Gasteiger partial charge on any atom is 0.406 e. The van der Waals surface area contributed by atoms with Gasteiger partial charge in [0.1, 0.15) is 11.3 Å². The minimum atomic E-state index is -4.76.